The summed E-state index contributed by atoms with van der Waals surface area (Å²) < 4.78 is 0. The minimum Gasteiger partial charge on any atom is -0.480 e. The van der Waals surface area contributed by atoms with Crippen LogP contribution in [0.1, 0.15) is 42.2 Å². The Balaban J connectivity index is 1.51. The number of carboxylic acid groups (broad SMARTS) is 1. The fourth-order valence-corrected chi connectivity index (χ4v) is 5.00. The van der Waals surface area contributed by atoms with Gasteiger partial charge in [0.25, 0.3) is 5.91 Å². The van der Waals surface area contributed by atoms with Gasteiger partial charge in [-0.3, -0.25) is 14.5 Å². The summed E-state index contributed by atoms with van der Waals surface area (Å²) in [6.45, 7) is 4.27. The summed E-state index contributed by atoms with van der Waals surface area (Å²) in [5, 5.41) is 10.5. The largest absolute Gasteiger partial charge is 0.480 e. The summed E-state index contributed by atoms with van der Waals surface area (Å²) >= 11 is 0. The van der Waals surface area contributed by atoms with Gasteiger partial charge in [-0.2, -0.15) is 0 Å². The van der Waals surface area contributed by atoms with Gasteiger partial charge in [0.15, 0.2) is 0 Å². The number of likely N-dealkylation sites (tertiary alicyclic amines) is 2. The minimum atomic E-state index is -0.737. The van der Waals surface area contributed by atoms with Gasteiger partial charge in [0.1, 0.15) is 11.7 Å². The molecule has 27 heavy (non-hydrogen) atoms. The number of aromatic nitrogens is 1. The van der Waals surface area contributed by atoms with Crippen molar-refractivity contribution < 1.29 is 14.7 Å². The molecule has 2 aliphatic rings. The minimum absolute atomic E-state index is 0.0304. The Bertz CT molecular complexity index is 880. The van der Waals surface area contributed by atoms with Crippen molar-refractivity contribution >= 4 is 22.8 Å². The number of aliphatic carboxylic acids is 1. The van der Waals surface area contributed by atoms with E-state index in [9.17, 15) is 14.7 Å². The molecule has 2 aliphatic heterocycles. The number of nitrogens with one attached hydrogen (secondary N) is 1. The number of H-pyrrole nitrogens is 1. The summed E-state index contributed by atoms with van der Waals surface area (Å²) in [7, 11) is 1.89. The van der Waals surface area contributed by atoms with E-state index in [0.29, 0.717) is 25.2 Å². The molecule has 0 aliphatic carbocycles. The maximum absolute atomic E-state index is 13.2. The summed E-state index contributed by atoms with van der Waals surface area (Å²) in [6, 6.07) is 7.66. The van der Waals surface area contributed by atoms with Gasteiger partial charge in [0, 0.05) is 30.5 Å². The Morgan fingerprint density at radius 2 is 1.96 bits per heavy atom. The van der Waals surface area contributed by atoms with Crippen LogP contribution >= 0.6 is 0 Å². The number of nitrogens with zero attached hydrogens (tertiary/aromatic N) is 2. The summed E-state index contributed by atoms with van der Waals surface area (Å²) in [5.41, 5.74) is 2.83. The average Bonchev–Trinajstić information content (AvgIpc) is 3.19. The Kier molecular flexibility index (Phi) is 4.46. The average molecular weight is 369 g/mol. The number of rotatable bonds is 3. The number of likely N-dealkylation sites (N-methyl/N-ethyl adjacent to an activating group) is 1. The normalized spacial score (nSPS) is 22.6. The number of carbonyl (C=O) groups is 2. The van der Waals surface area contributed by atoms with Crippen LogP contribution in [0.15, 0.2) is 24.3 Å². The van der Waals surface area contributed by atoms with Crippen LogP contribution in [0.4, 0.5) is 0 Å². The summed E-state index contributed by atoms with van der Waals surface area (Å²) in [5.74, 6) is -0.669. The van der Waals surface area contributed by atoms with E-state index in [4.69, 9.17) is 0 Å². The van der Waals surface area contributed by atoms with Gasteiger partial charge in [-0.05, 0) is 49.8 Å². The number of aromatic amines is 1. The van der Waals surface area contributed by atoms with Gasteiger partial charge in [-0.25, -0.2) is 0 Å². The molecular formula is C21H27N3O3. The van der Waals surface area contributed by atoms with Gasteiger partial charge >= 0.3 is 5.97 Å². The lowest BCUT2D eigenvalue weighted by atomic mass is 9.76. The van der Waals surface area contributed by atoms with Crippen molar-refractivity contribution in [3.63, 3.8) is 0 Å². The first-order valence-corrected chi connectivity index (χ1v) is 9.76. The van der Waals surface area contributed by atoms with Crippen LogP contribution in [-0.4, -0.2) is 64.5 Å². The van der Waals surface area contributed by atoms with E-state index in [1.54, 1.807) is 0 Å². The number of fused-ring (bicyclic) bond motifs is 1. The van der Waals surface area contributed by atoms with Crippen molar-refractivity contribution in [2.75, 3.05) is 26.7 Å². The first kappa shape index (κ1) is 18.0. The third-order valence-corrected chi connectivity index (χ3v) is 6.52. The number of carbonyl (C=O) groups excluding carboxylic acids is 1. The molecule has 2 aromatic rings. The van der Waals surface area contributed by atoms with Crippen LogP contribution in [0.25, 0.3) is 10.9 Å². The summed E-state index contributed by atoms with van der Waals surface area (Å²) in [4.78, 5) is 31.8. The predicted octanol–water partition coefficient (Wildman–Crippen LogP) is 2.74. The fourth-order valence-electron chi connectivity index (χ4n) is 5.00. The number of benzene rings is 1. The van der Waals surface area contributed by atoms with Crippen molar-refractivity contribution in [3.8, 4) is 0 Å². The van der Waals surface area contributed by atoms with Crippen LogP contribution in [0.5, 0.6) is 0 Å². The second-order valence-corrected chi connectivity index (χ2v) is 8.14. The number of piperidine rings is 1. The smallest absolute Gasteiger partial charge is 0.320 e. The van der Waals surface area contributed by atoms with Gasteiger partial charge in [-0.15, -0.1) is 0 Å². The van der Waals surface area contributed by atoms with Crippen LogP contribution < -0.4 is 0 Å². The molecule has 1 amide bonds. The van der Waals surface area contributed by atoms with Gasteiger partial charge < -0.3 is 15.0 Å². The highest BCUT2D eigenvalue weighted by atomic mass is 16.4. The van der Waals surface area contributed by atoms with Crippen molar-refractivity contribution in [1.29, 1.82) is 0 Å². The van der Waals surface area contributed by atoms with E-state index in [0.717, 1.165) is 42.3 Å². The zero-order valence-electron chi connectivity index (χ0n) is 16.0. The molecule has 1 aromatic heterocycles. The molecule has 6 heteroatoms. The predicted molar refractivity (Wildman–Crippen MR) is 104 cm³/mol. The Morgan fingerprint density at radius 3 is 2.59 bits per heavy atom. The number of hydrogen-bond donors (Lipinski definition) is 2. The standard InChI is InChI=1S/C21H27N3O3/c1-3-14-15-6-4-5-7-16(15)22-18(14)19(25)24-10-8-21(9-11-24)12-17(20(26)27)23(2)13-21/h4-7,17,22H,3,8-13H2,1-2H3,(H,26,27)/t17-/m1/s1. The molecule has 144 valence electrons. The third kappa shape index (κ3) is 3.02. The van der Waals surface area contributed by atoms with E-state index in [-0.39, 0.29) is 11.3 Å². The molecule has 0 bridgehead atoms. The maximum Gasteiger partial charge on any atom is 0.320 e. The summed E-state index contributed by atoms with van der Waals surface area (Å²) in [6.07, 6.45) is 3.24. The van der Waals surface area contributed by atoms with Crippen molar-refractivity contribution in [3.05, 3.63) is 35.5 Å². The molecule has 2 saturated heterocycles. The fraction of sp³-hybridized carbons (Fsp3) is 0.524. The topological polar surface area (TPSA) is 76.6 Å². The molecule has 1 aromatic carbocycles. The van der Waals surface area contributed by atoms with E-state index < -0.39 is 12.0 Å². The number of hydrogen-bond acceptors (Lipinski definition) is 3. The van der Waals surface area contributed by atoms with Crippen LogP contribution in [0.3, 0.4) is 0 Å². The number of amides is 1. The Hall–Kier alpha value is -2.34. The number of aryl methyl sites for hydroxylation is 1. The second-order valence-electron chi connectivity index (χ2n) is 8.14. The number of carboxylic acids is 1. The maximum atomic E-state index is 13.2. The van der Waals surface area contributed by atoms with E-state index in [1.165, 1.54) is 0 Å². The van der Waals surface area contributed by atoms with Crippen LogP contribution in [-0.2, 0) is 11.2 Å². The highest BCUT2D eigenvalue weighted by molar-refractivity contribution is 6.01. The second kappa shape index (κ2) is 6.68. The first-order chi connectivity index (χ1) is 12.9. The molecule has 6 nitrogen and oxygen atoms in total. The lowest BCUT2D eigenvalue weighted by Crippen LogP contribution is -2.44. The SMILES string of the molecule is CCc1c(C(=O)N2CCC3(CC2)C[C@H](C(=O)O)N(C)C3)[nH]c2ccccc12. The van der Waals surface area contributed by atoms with E-state index in [1.807, 2.05) is 35.0 Å². The molecule has 2 N–H and O–H groups in total. The zero-order chi connectivity index (χ0) is 19.2. The van der Waals surface area contributed by atoms with E-state index >= 15 is 0 Å². The number of para-hydroxylation sites is 1. The molecular weight excluding hydrogens is 342 g/mol. The van der Waals surface area contributed by atoms with Gasteiger partial charge in [0.2, 0.25) is 0 Å². The van der Waals surface area contributed by atoms with Crippen LogP contribution in [0.2, 0.25) is 0 Å². The molecule has 1 spiro atoms. The molecule has 0 saturated carbocycles. The molecule has 3 heterocycles. The molecule has 1 atom stereocenters. The highest BCUT2D eigenvalue weighted by Gasteiger charge is 2.47. The van der Waals surface area contributed by atoms with Gasteiger partial charge in [0.05, 0.1) is 0 Å². The highest BCUT2D eigenvalue weighted by Crippen LogP contribution is 2.43. The Labute approximate surface area is 159 Å². The molecule has 0 radical (unpaired) electrons. The monoisotopic (exact) mass is 369 g/mol. The molecule has 2 fully saturated rings. The lowest BCUT2D eigenvalue weighted by molar-refractivity contribution is -0.141. The van der Waals surface area contributed by atoms with Crippen LogP contribution in [0, 0.1) is 5.41 Å². The third-order valence-electron chi connectivity index (χ3n) is 6.52. The molecule has 4 rings (SSSR count). The molecule has 0 unspecified atom stereocenters. The van der Waals surface area contributed by atoms with Crippen molar-refractivity contribution in [1.82, 2.24) is 14.8 Å². The Morgan fingerprint density at radius 1 is 1.26 bits per heavy atom. The van der Waals surface area contributed by atoms with Gasteiger partial charge in [-0.1, -0.05) is 25.1 Å². The lowest BCUT2D eigenvalue weighted by Gasteiger charge is -2.39. The zero-order valence-corrected chi connectivity index (χ0v) is 16.0. The quantitative estimate of drug-likeness (QED) is 0.872. The van der Waals surface area contributed by atoms with Crippen molar-refractivity contribution in [2.45, 2.75) is 38.6 Å². The first-order valence-electron chi connectivity index (χ1n) is 9.76. The van der Waals surface area contributed by atoms with E-state index in [2.05, 4.69) is 18.0 Å². The van der Waals surface area contributed by atoms with Crippen molar-refractivity contribution in [2.24, 2.45) is 5.41 Å².